The second-order valence-corrected chi connectivity index (χ2v) is 6.25. The summed E-state index contributed by atoms with van der Waals surface area (Å²) in [5, 5.41) is 0. The van der Waals surface area contributed by atoms with Gasteiger partial charge in [-0.15, -0.1) is 0 Å². The fourth-order valence-electron chi connectivity index (χ4n) is 3.96. The molecule has 114 valence electrons. The molecule has 0 bridgehead atoms. The predicted octanol–water partition coefficient (Wildman–Crippen LogP) is 3.91. The summed E-state index contributed by atoms with van der Waals surface area (Å²) in [5.74, 6) is 0.341. The summed E-state index contributed by atoms with van der Waals surface area (Å²) in [6.07, 6.45) is 3.61. The Hall–Kier alpha value is -1.35. The molecule has 1 aliphatic heterocycles. The lowest BCUT2D eigenvalue weighted by Crippen LogP contribution is -2.37. The van der Waals surface area contributed by atoms with Crippen LogP contribution < -0.4 is 0 Å². The van der Waals surface area contributed by atoms with Crippen molar-refractivity contribution in [3.05, 3.63) is 35.4 Å². The lowest BCUT2D eigenvalue weighted by molar-refractivity contribution is -0.150. The summed E-state index contributed by atoms with van der Waals surface area (Å²) in [7, 11) is 0. The number of ether oxygens (including phenoxy) is 2. The van der Waals surface area contributed by atoms with Gasteiger partial charge in [-0.05, 0) is 43.2 Å². The van der Waals surface area contributed by atoms with E-state index in [1.54, 1.807) is 0 Å². The quantitative estimate of drug-likeness (QED) is 0.623. The van der Waals surface area contributed by atoms with Crippen LogP contribution in [0.15, 0.2) is 24.3 Å². The van der Waals surface area contributed by atoms with Crippen molar-refractivity contribution >= 4 is 5.97 Å². The summed E-state index contributed by atoms with van der Waals surface area (Å²) < 4.78 is 11.5. The van der Waals surface area contributed by atoms with Crippen LogP contribution in [-0.2, 0) is 19.9 Å². The third-order valence-corrected chi connectivity index (χ3v) is 5.02. The molecular formula is C18H24O3. The van der Waals surface area contributed by atoms with E-state index in [1.165, 1.54) is 11.1 Å². The van der Waals surface area contributed by atoms with E-state index >= 15 is 0 Å². The Morgan fingerprint density at radius 1 is 1.38 bits per heavy atom. The van der Waals surface area contributed by atoms with Crippen LogP contribution in [0.25, 0.3) is 0 Å². The lowest BCUT2D eigenvalue weighted by atomic mass is 9.71. The van der Waals surface area contributed by atoms with Gasteiger partial charge in [0.05, 0.1) is 6.61 Å². The first-order valence-electron chi connectivity index (χ1n) is 8.08. The average molecular weight is 288 g/mol. The van der Waals surface area contributed by atoms with Gasteiger partial charge in [-0.1, -0.05) is 44.5 Å². The molecule has 0 amide bonds. The van der Waals surface area contributed by atoms with Crippen LogP contribution in [0.4, 0.5) is 0 Å². The number of carbonyl (C=O) groups excluding carboxylic acids is 1. The first-order chi connectivity index (χ1) is 10.1. The maximum Gasteiger partial charge on any atom is 0.341 e. The third kappa shape index (κ3) is 1.94. The van der Waals surface area contributed by atoms with Gasteiger partial charge < -0.3 is 9.47 Å². The molecule has 0 N–H and O–H groups in total. The summed E-state index contributed by atoms with van der Waals surface area (Å²) in [6, 6.07) is 8.41. The van der Waals surface area contributed by atoms with Crippen molar-refractivity contribution in [3.8, 4) is 0 Å². The van der Waals surface area contributed by atoms with E-state index in [-0.39, 0.29) is 5.97 Å². The van der Waals surface area contributed by atoms with Crippen LogP contribution in [0.1, 0.15) is 63.5 Å². The molecule has 3 atom stereocenters. The van der Waals surface area contributed by atoms with Crippen LogP contribution in [0, 0.1) is 0 Å². The van der Waals surface area contributed by atoms with E-state index in [0.717, 1.165) is 25.7 Å². The first-order valence-corrected chi connectivity index (χ1v) is 8.08. The van der Waals surface area contributed by atoms with Gasteiger partial charge in [0.1, 0.15) is 5.60 Å². The van der Waals surface area contributed by atoms with Crippen molar-refractivity contribution < 1.29 is 14.3 Å². The zero-order valence-electron chi connectivity index (χ0n) is 13.1. The summed E-state index contributed by atoms with van der Waals surface area (Å²) >= 11 is 0. The van der Waals surface area contributed by atoms with Crippen LogP contribution in [-0.4, -0.2) is 18.2 Å². The molecule has 3 nitrogen and oxygen atoms in total. The maximum absolute atomic E-state index is 12.5. The molecule has 1 spiro atoms. The van der Waals surface area contributed by atoms with Gasteiger partial charge in [-0.2, -0.15) is 0 Å². The molecule has 1 aliphatic carbocycles. The highest BCUT2D eigenvalue weighted by Gasteiger charge is 2.76. The van der Waals surface area contributed by atoms with Crippen LogP contribution >= 0.6 is 0 Å². The van der Waals surface area contributed by atoms with Crippen LogP contribution in [0.5, 0.6) is 0 Å². The number of fused-ring (bicyclic) bond motifs is 2. The molecule has 0 saturated carbocycles. The minimum Gasteiger partial charge on any atom is -0.464 e. The molecular weight excluding hydrogens is 264 g/mol. The van der Waals surface area contributed by atoms with Gasteiger partial charge in [-0.3, -0.25) is 0 Å². The topological polar surface area (TPSA) is 38.8 Å². The number of benzene rings is 1. The summed E-state index contributed by atoms with van der Waals surface area (Å²) in [4.78, 5) is 12.5. The number of hydrogen-bond donors (Lipinski definition) is 0. The van der Waals surface area contributed by atoms with E-state index < -0.39 is 11.2 Å². The molecule has 0 radical (unpaired) electrons. The molecule has 3 heteroatoms. The Bertz CT molecular complexity index is 553. The van der Waals surface area contributed by atoms with Gasteiger partial charge in [0, 0.05) is 0 Å². The Labute approximate surface area is 126 Å². The molecule has 1 fully saturated rings. The van der Waals surface area contributed by atoms with E-state index in [9.17, 15) is 4.79 Å². The molecule has 3 rings (SSSR count). The van der Waals surface area contributed by atoms with Crippen molar-refractivity contribution in [1.82, 2.24) is 0 Å². The zero-order chi connectivity index (χ0) is 15.1. The van der Waals surface area contributed by atoms with Gasteiger partial charge in [-0.25, -0.2) is 4.79 Å². The smallest absolute Gasteiger partial charge is 0.341 e. The summed E-state index contributed by atoms with van der Waals surface area (Å²) in [6.45, 7) is 6.60. The molecule has 1 saturated heterocycles. The van der Waals surface area contributed by atoms with Crippen molar-refractivity contribution in [2.45, 2.75) is 63.6 Å². The van der Waals surface area contributed by atoms with Gasteiger partial charge in [0.15, 0.2) is 5.60 Å². The Balaban J connectivity index is 2.03. The Morgan fingerprint density at radius 2 is 2.14 bits per heavy atom. The molecule has 3 unspecified atom stereocenters. The molecule has 21 heavy (non-hydrogen) atoms. The minimum atomic E-state index is -0.756. The zero-order valence-corrected chi connectivity index (χ0v) is 13.1. The first kappa shape index (κ1) is 14.6. The normalized spacial score (nSPS) is 33.6. The monoisotopic (exact) mass is 288 g/mol. The number of rotatable bonds is 4. The largest absolute Gasteiger partial charge is 0.464 e. The van der Waals surface area contributed by atoms with Crippen LogP contribution in [0.3, 0.4) is 0 Å². The fourth-order valence-corrected chi connectivity index (χ4v) is 3.96. The highest BCUT2D eigenvalue weighted by atomic mass is 16.7. The van der Waals surface area contributed by atoms with E-state index in [1.807, 2.05) is 13.0 Å². The highest BCUT2D eigenvalue weighted by molar-refractivity contribution is 5.86. The molecule has 1 aromatic carbocycles. The van der Waals surface area contributed by atoms with Crippen molar-refractivity contribution in [2.24, 2.45) is 0 Å². The number of carbonyl (C=O) groups is 1. The number of epoxide rings is 1. The van der Waals surface area contributed by atoms with Crippen LogP contribution in [0.2, 0.25) is 0 Å². The lowest BCUT2D eigenvalue weighted by Gasteiger charge is -2.30. The van der Waals surface area contributed by atoms with E-state index in [2.05, 4.69) is 32.0 Å². The minimum absolute atomic E-state index is 0.184. The van der Waals surface area contributed by atoms with Crippen molar-refractivity contribution in [2.75, 3.05) is 6.61 Å². The van der Waals surface area contributed by atoms with E-state index in [4.69, 9.17) is 9.47 Å². The summed E-state index contributed by atoms with van der Waals surface area (Å²) in [5.41, 5.74) is 1.32. The second-order valence-electron chi connectivity index (χ2n) is 6.25. The third-order valence-electron chi connectivity index (χ3n) is 5.02. The molecule has 2 aliphatic rings. The molecule has 1 aromatic rings. The Kier molecular flexibility index (Phi) is 3.56. The van der Waals surface area contributed by atoms with Gasteiger partial charge in [0.25, 0.3) is 0 Å². The molecule has 0 aromatic heterocycles. The van der Waals surface area contributed by atoms with E-state index in [0.29, 0.717) is 12.5 Å². The Morgan fingerprint density at radius 3 is 2.86 bits per heavy atom. The fraction of sp³-hybridized carbons (Fsp3) is 0.611. The number of hydrogen-bond acceptors (Lipinski definition) is 3. The van der Waals surface area contributed by atoms with Crippen molar-refractivity contribution in [1.29, 1.82) is 0 Å². The van der Waals surface area contributed by atoms with Gasteiger partial charge in [0.2, 0.25) is 0 Å². The maximum atomic E-state index is 12.5. The molecule has 1 heterocycles. The van der Waals surface area contributed by atoms with Gasteiger partial charge >= 0.3 is 5.97 Å². The standard InChI is InChI=1S/C18H24O3/c1-4-11-18(16(19)20-5-2)17(21-18)12-10-13(3)14-8-6-7-9-15(14)17/h6-9,13H,4-5,10-12H2,1-3H3. The predicted molar refractivity (Wildman–Crippen MR) is 81.1 cm³/mol. The SMILES string of the molecule is CCCC1(C(=O)OCC)OC12CCC(C)c1ccccc12. The second kappa shape index (κ2) is 5.13. The van der Waals surface area contributed by atoms with Crippen molar-refractivity contribution in [3.63, 3.8) is 0 Å². The average Bonchev–Trinajstić information content (AvgIpc) is 3.14. The highest BCUT2D eigenvalue weighted by Crippen LogP contribution is 2.65. The number of esters is 1.